The highest BCUT2D eigenvalue weighted by atomic mass is 16.6. The van der Waals surface area contributed by atoms with E-state index in [1.54, 1.807) is 32.2 Å². The molecule has 0 aliphatic carbocycles. The number of carbonyl (C=O) groups excluding carboxylic acids is 1. The standard InChI is InChI=1S/C12H11N3O3/c1-8-13-11(12(16)14(8)2)7-9-3-5-10(6-4-9)15(17)18/h3-7H,1-2H3/b11-7+. The Bertz CT molecular complexity index is 573. The molecule has 0 N–H and O–H groups in total. The van der Waals surface area contributed by atoms with E-state index in [-0.39, 0.29) is 11.6 Å². The Kier molecular flexibility index (Phi) is 2.93. The van der Waals surface area contributed by atoms with E-state index in [1.807, 2.05) is 0 Å². The van der Waals surface area contributed by atoms with Crippen LogP contribution < -0.4 is 0 Å². The van der Waals surface area contributed by atoms with Crippen molar-refractivity contribution in [2.45, 2.75) is 6.92 Å². The van der Waals surface area contributed by atoms with E-state index in [0.29, 0.717) is 17.1 Å². The van der Waals surface area contributed by atoms with E-state index in [4.69, 9.17) is 0 Å². The Balaban J connectivity index is 2.29. The first kappa shape index (κ1) is 12.0. The lowest BCUT2D eigenvalue weighted by Gasteiger charge is -2.05. The highest BCUT2D eigenvalue weighted by Crippen LogP contribution is 2.18. The van der Waals surface area contributed by atoms with Crippen molar-refractivity contribution in [1.82, 2.24) is 4.90 Å². The molecule has 1 aliphatic heterocycles. The van der Waals surface area contributed by atoms with Crippen molar-refractivity contribution in [3.05, 3.63) is 45.6 Å². The van der Waals surface area contributed by atoms with Crippen LogP contribution in [-0.2, 0) is 4.79 Å². The van der Waals surface area contributed by atoms with E-state index < -0.39 is 4.92 Å². The summed E-state index contributed by atoms with van der Waals surface area (Å²) < 4.78 is 0. The summed E-state index contributed by atoms with van der Waals surface area (Å²) in [6, 6.07) is 5.96. The minimum atomic E-state index is -0.465. The van der Waals surface area contributed by atoms with Gasteiger partial charge in [-0.1, -0.05) is 0 Å². The van der Waals surface area contributed by atoms with Crippen LogP contribution in [0.25, 0.3) is 6.08 Å². The van der Waals surface area contributed by atoms with Crippen molar-refractivity contribution >= 4 is 23.5 Å². The van der Waals surface area contributed by atoms with Crippen LogP contribution in [0.5, 0.6) is 0 Å². The maximum Gasteiger partial charge on any atom is 0.277 e. The fourth-order valence-corrected chi connectivity index (χ4v) is 1.56. The van der Waals surface area contributed by atoms with Gasteiger partial charge in [0.25, 0.3) is 11.6 Å². The second-order valence-corrected chi connectivity index (χ2v) is 3.90. The first-order chi connectivity index (χ1) is 8.49. The van der Waals surface area contributed by atoms with E-state index in [2.05, 4.69) is 4.99 Å². The molecule has 0 atom stereocenters. The molecule has 0 saturated heterocycles. The zero-order valence-corrected chi connectivity index (χ0v) is 9.95. The number of amidine groups is 1. The molecular weight excluding hydrogens is 234 g/mol. The van der Waals surface area contributed by atoms with Gasteiger partial charge in [0, 0.05) is 19.2 Å². The monoisotopic (exact) mass is 245 g/mol. The molecule has 1 aromatic rings. The van der Waals surface area contributed by atoms with Gasteiger partial charge in [0.2, 0.25) is 0 Å². The molecule has 6 heteroatoms. The maximum atomic E-state index is 11.7. The van der Waals surface area contributed by atoms with Gasteiger partial charge >= 0.3 is 0 Å². The number of amides is 1. The minimum Gasteiger partial charge on any atom is -0.298 e. The first-order valence-corrected chi connectivity index (χ1v) is 5.28. The molecule has 1 aliphatic rings. The molecule has 1 amide bonds. The van der Waals surface area contributed by atoms with Crippen molar-refractivity contribution in [3.8, 4) is 0 Å². The molecule has 0 unspecified atom stereocenters. The fraction of sp³-hybridized carbons (Fsp3) is 0.167. The van der Waals surface area contributed by atoms with E-state index in [0.717, 1.165) is 0 Å². The lowest BCUT2D eigenvalue weighted by molar-refractivity contribution is -0.384. The average Bonchev–Trinajstić information content (AvgIpc) is 2.58. The van der Waals surface area contributed by atoms with Gasteiger partial charge in [-0.05, 0) is 30.7 Å². The smallest absolute Gasteiger partial charge is 0.277 e. The van der Waals surface area contributed by atoms with Gasteiger partial charge in [-0.25, -0.2) is 4.99 Å². The molecule has 0 bridgehead atoms. The molecule has 0 radical (unpaired) electrons. The minimum absolute atomic E-state index is 0.0201. The van der Waals surface area contributed by atoms with Crippen LogP contribution in [0.15, 0.2) is 35.0 Å². The number of rotatable bonds is 2. The molecule has 0 aromatic heterocycles. The molecule has 2 rings (SSSR count). The molecular formula is C12H11N3O3. The molecule has 0 fully saturated rings. The van der Waals surface area contributed by atoms with Crippen LogP contribution in [0.1, 0.15) is 12.5 Å². The van der Waals surface area contributed by atoms with Gasteiger partial charge in [-0.15, -0.1) is 0 Å². The van der Waals surface area contributed by atoms with Crippen LogP contribution in [0, 0.1) is 10.1 Å². The number of hydrogen-bond acceptors (Lipinski definition) is 4. The number of non-ortho nitro benzene ring substituents is 1. The molecule has 0 spiro atoms. The highest BCUT2D eigenvalue weighted by molar-refractivity contribution is 6.13. The normalized spacial score (nSPS) is 17.2. The van der Waals surface area contributed by atoms with Crippen LogP contribution in [-0.4, -0.2) is 28.6 Å². The molecule has 6 nitrogen and oxygen atoms in total. The number of aliphatic imine (C=N–C) groups is 1. The first-order valence-electron chi connectivity index (χ1n) is 5.28. The molecule has 0 saturated carbocycles. The Hall–Kier alpha value is -2.50. The van der Waals surface area contributed by atoms with Gasteiger partial charge in [0.05, 0.1) is 4.92 Å². The third kappa shape index (κ3) is 2.13. The Labute approximate surface area is 103 Å². The summed E-state index contributed by atoms with van der Waals surface area (Å²) in [5.41, 5.74) is 1.06. The third-order valence-electron chi connectivity index (χ3n) is 2.70. The Morgan fingerprint density at radius 3 is 2.39 bits per heavy atom. The summed E-state index contributed by atoms with van der Waals surface area (Å²) in [5, 5.41) is 10.5. The second-order valence-electron chi connectivity index (χ2n) is 3.90. The second kappa shape index (κ2) is 4.40. The van der Waals surface area contributed by atoms with E-state index in [9.17, 15) is 14.9 Å². The zero-order valence-electron chi connectivity index (χ0n) is 9.95. The van der Waals surface area contributed by atoms with Gasteiger partial charge in [0.15, 0.2) is 0 Å². The summed E-state index contributed by atoms with van der Waals surface area (Å²) in [7, 11) is 1.65. The van der Waals surface area contributed by atoms with Crippen molar-refractivity contribution in [3.63, 3.8) is 0 Å². The zero-order chi connectivity index (χ0) is 13.3. The van der Waals surface area contributed by atoms with Gasteiger partial charge in [-0.3, -0.25) is 19.8 Å². The molecule has 1 aromatic carbocycles. The summed E-state index contributed by atoms with van der Waals surface area (Å²) in [5.74, 6) is 0.457. The number of likely N-dealkylation sites (N-methyl/N-ethyl adjacent to an activating group) is 1. The highest BCUT2D eigenvalue weighted by Gasteiger charge is 2.23. The van der Waals surface area contributed by atoms with Gasteiger partial charge < -0.3 is 0 Å². The third-order valence-corrected chi connectivity index (χ3v) is 2.70. The average molecular weight is 245 g/mol. The predicted molar refractivity (Wildman–Crippen MR) is 67.0 cm³/mol. The topological polar surface area (TPSA) is 75.8 Å². The van der Waals surface area contributed by atoms with Crippen molar-refractivity contribution in [2.24, 2.45) is 4.99 Å². The largest absolute Gasteiger partial charge is 0.298 e. The quantitative estimate of drug-likeness (QED) is 0.453. The van der Waals surface area contributed by atoms with Crippen LogP contribution in [0.3, 0.4) is 0 Å². The summed E-state index contributed by atoms with van der Waals surface area (Å²) in [6.07, 6.45) is 1.61. The summed E-state index contributed by atoms with van der Waals surface area (Å²) >= 11 is 0. The predicted octanol–water partition coefficient (Wildman–Crippen LogP) is 1.83. The number of nitro benzene ring substituents is 1. The number of nitro groups is 1. The Morgan fingerprint density at radius 1 is 1.33 bits per heavy atom. The fourth-order valence-electron chi connectivity index (χ4n) is 1.56. The van der Waals surface area contributed by atoms with Crippen molar-refractivity contribution in [1.29, 1.82) is 0 Å². The number of hydrogen-bond donors (Lipinski definition) is 0. The van der Waals surface area contributed by atoms with Gasteiger partial charge in [0.1, 0.15) is 11.5 Å². The summed E-state index contributed by atoms with van der Waals surface area (Å²) in [4.78, 5) is 27.3. The number of nitrogens with zero attached hydrogens (tertiary/aromatic N) is 3. The van der Waals surface area contributed by atoms with Crippen LogP contribution in [0.4, 0.5) is 5.69 Å². The van der Waals surface area contributed by atoms with Crippen LogP contribution in [0.2, 0.25) is 0 Å². The molecule has 92 valence electrons. The maximum absolute atomic E-state index is 11.7. The van der Waals surface area contributed by atoms with E-state index in [1.165, 1.54) is 17.0 Å². The van der Waals surface area contributed by atoms with Gasteiger partial charge in [-0.2, -0.15) is 0 Å². The van der Waals surface area contributed by atoms with Crippen molar-refractivity contribution in [2.75, 3.05) is 7.05 Å². The SMILES string of the molecule is CC1=N/C(=C/c2ccc([N+](=O)[O-])cc2)C(=O)N1C. The molecule has 1 heterocycles. The lowest BCUT2D eigenvalue weighted by atomic mass is 10.2. The number of carbonyl (C=O) groups is 1. The molecule has 18 heavy (non-hydrogen) atoms. The summed E-state index contributed by atoms with van der Waals surface area (Å²) in [6.45, 7) is 1.74. The number of benzene rings is 1. The van der Waals surface area contributed by atoms with Crippen molar-refractivity contribution < 1.29 is 9.72 Å². The van der Waals surface area contributed by atoms with Crippen LogP contribution >= 0.6 is 0 Å². The lowest BCUT2D eigenvalue weighted by Crippen LogP contribution is -2.25. The Morgan fingerprint density at radius 2 is 1.94 bits per heavy atom. The van der Waals surface area contributed by atoms with E-state index >= 15 is 0 Å².